The number of nitrogens with zero attached hydrogens (tertiary/aromatic N) is 3. The molecule has 1 saturated carbocycles. The molecule has 2 aromatic heterocycles. The molecule has 120 valence electrons. The van der Waals surface area contributed by atoms with Crippen molar-refractivity contribution in [1.82, 2.24) is 20.1 Å². The van der Waals surface area contributed by atoms with Gasteiger partial charge >= 0.3 is 0 Å². The van der Waals surface area contributed by atoms with Crippen molar-refractivity contribution in [3.63, 3.8) is 0 Å². The van der Waals surface area contributed by atoms with Crippen LogP contribution in [0, 0.1) is 5.41 Å². The molecule has 1 aliphatic carbocycles. The average Bonchev–Trinajstić information content (AvgIpc) is 3.32. The lowest BCUT2D eigenvalue weighted by molar-refractivity contribution is 0.0975. The fourth-order valence-electron chi connectivity index (χ4n) is 2.93. The molecular formula is C17H16N6O. The maximum atomic E-state index is 12.3. The standard InChI is InChI=1S/C17H16N6O/c18-17(19)22-16(24)12-9-21-23(15(12)10-5-6-10)14-7-8-20-13-4-2-1-3-11(13)14/h1-4,7-10H,5-6H2,(H4,18,19,22,24). The van der Waals surface area contributed by atoms with Crippen LogP contribution in [0.15, 0.2) is 42.7 Å². The molecule has 7 heteroatoms. The molecule has 1 amide bonds. The Morgan fingerprint density at radius 3 is 2.83 bits per heavy atom. The number of rotatable bonds is 3. The molecule has 1 fully saturated rings. The van der Waals surface area contributed by atoms with E-state index >= 15 is 0 Å². The van der Waals surface area contributed by atoms with Crippen LogP contribution in [0.1, 0.15) is 34.8 Å². The number of amides is 1. The van der Waals surface area contributed by atoms with Crippen molar-refractivity contribution in [3.8, 4) is 5.69 Å². The molecule has 4 N–H and O–H groups in total. The van der Waals surface area contributed by atoms with Gasteiger partial charge in [-0.3, -0.25) is 20.5 Å². The Balaban J connectivity index is 1.88. The highest BCUT2D eigenvalue weighted by atomic mass is 16.1. The number of nitrogens with one attached hydrogen (secondary N) is 2. The van der Waals surface area contributed by atoms with Crippen molar-refractivity contribution in [3.05, 3.63) is 54.0 Å². The smallest absolute Gasteiger partial charge is 0.261 e. The molecule has 0 atom stereocenters. The minimum Gasteiger partial charge on any atom is -0.370 e. The zero-order chi connectivity index (χ0) is 16.7. The van der Waals surface area contributed by atoms with Gasteiger partial charge in [0.25, 0.3) is 5.91 Å². The number of fused-ring (bicyclic) bond motifs is 1. The Kier molecular flexibility index (Phi) is 3.26. The Hall–Kier alpha value is -3.22. The van der Waals surface area contributed by atoms with E-state index in [0.29, 0.717) is 11.5 Å². The van der Waals surface area contributed by atoms with Crippen molar-refractivity contribution in [2.24, 2.45) is 5.73 Å². The topological polar surface area (TPSA) is 110 Å². The summed E-state index contributed by atoms with van der Waals surface area (Å²) in [4.78, 5) is 16.7. The van der Waals surface area contributed by atoms with Crippen LogP contribution in [0.2, 0.25) is 0 Å². The average molecular weight is 320 g/mol. The summed E-state index contributed by atoms with van der Waals surface area (Å²) >= 11 is 0. The summed E-state index contributed by atoms with van der Waals surface area (Å²) in [6.45, 7) is 0. The Morgan fingerprint density at radius 2 is 2.08 bits per heavy atom. The predicted molar refractivity (Wildman–Crippen MR) is 90.2 cm³/mol. The van der Waals surface area contributed by atoms with Crippen molar-refractivity contribution in [2.75, 3.05) is 0 Å². The summed E-state index contributed by atoms with van der Waals surface area (Å²) in [5.41, 5.74) is 8.38. The monoisotopic (exact) mass is 320 g/mol. The predicted octanol–water partition coefficient (Wildman–Crippen LogP) is 1.92. The molecule has 0 saturated heterocycles. The number of carbonyl (C=O) groups excluding carboxylic acids is 1. The second-order valence-electron chi connectivity index (χ2n) is 5.84. The highest BCUT2D eigenvalue weighted by Gasteiger charge is 2.33. The van der Waals surface area contributed by atoms with Gasteiger partial charge in [-0.15, -0.1) is 0 Å². The first-order valence-electron chi connectivity index (χ1n) is 7.72. The fourth-order valence-corrected chi connectivity index (χ4v) is 2.93. The van der Waals surface area contributed by atoms with E-state index in [9.17, 15) is 4.79 Å². The highest BCUT2D eigenvalue weighted by molar-refractivity contribution is 6.05. The van der Waals surface area contributed by atoms with Gasteiger partial charge in [0.1, 0.15) is 0 Å². The lowest BCUT2D eigenvalue weighted by Crippen LogP contribution is -2.36. The number of pyridine rings is 1. The Labute approximate surface area is 138 Å². The number of benzene rings is 1. The van der Waals surface area contributed by atoms with E-state index in [4.69, 9.17) is 11.1 Å². The molecule has 0 radical (unpaired) electrons. The molecular weight excluding hydrogens is 304 g/mol. The summed E-state index contributed by atoms with van der Waals surface area (Å²) in [5, 5.41) is 15.0. The summed E-state index contributed by atoms with van der Waals surface area (Å²) in [7, 11) is 0. The first-order chi connectivity index (χ1) is 11.6. The molecule has 0 spiro atoms. The molecule has 0 bridgehead atoms. The van der Waals surface area contributed by atoms with Crippen molar-refractivity contribution in [2.45, 2.75) is 18.8 Å². The first-order valence-corrected chi connectivity index (χ1v) is 7.72. The molecule has 0 unspecified atom stereocenters. The summed E-state index contributed by atoms with van der Waals surface area (Å²) in [6.07, 6.45) is 5.33. The number of para-hydroxylation sites is 1. The number of guanidine groups is 1. The van der Waals surface area contributed by atoms with Gasteiger partial charge in [-0.05, 0) is 25.0 Å². The Bertz CT molecular complexity index is 951. The van der Waals surface area contributed by atoms with E-state index < -0.39 is 5.91 Å². The summed E-state index contributed by atoms with van der Waals surface area (Å²) in [5.74, 6) is -0.468. The van der Waals surface area contributed by atoms with E-state index in [1.807, 2.05) is 35.0 Å². The third kappa shape index (κ3) is 2.40. The number of hydrogen-bond acceptors (Lipinski definition) is 4. The Morgan fingerprint density at radius 1 is 1.29 bits per heavy atom. The van der Waals surface area contributed by atoms with Crippen molar-refractivity contribution >= 4 is 22.8 Å². The second-order valence-corrected chi connectivity index (χ2v) is 5.84. The van der Waals surface area contributed by atoms with Crippen LogP contribution >= 0.6 is 0 Å². The molecule has 4 rings (SSSR count). The molecule has 7 nitrogen and oxygen atoms in total. The zero-order valence-electron chi connectivity index (χ0n) is 12.9. The normalized spacial score (nSPS) is 13.8. The summed E-state index contributed by atoms with van der Waals surface area (Å²) < 4.78 is 1.82. The zero-order valence-corrected chi connectivity index (χ0v) is 12.9. The van der Waals surface area contributed by atoms with Gasteiger partial charge in [0, 0.05) is 17.5 Å². The molecule has 3 aromatic rings. The van der Waals surface area contributed by atoms with E-state index in [2.05, 4.69) is 15.4 Å². The van der Waals surface area contributed by atoms with Crippen LogP contribution in [-0.4, -0.2) is 26.6 Å². The van der Waals surface area contributed by atoms with Gasteiger partial charge < -0.3 is 5.73 Å². The van der Waals surface area contributed by atoms with Crippen LogP contribution in [0.5, 0.6) is 0 Å². The first kappa shape index (κ1) is 14.4. The van der Waals surface area contributed by atoms with Crippen molar-refractivity contribution < 1.29 is 4.79 Å². The van der Waals surface area contributed by atoms with Gasteiger partial charge in [-0.25, -0.2) is 4.68 Å². The summed E-state index contributed by atoms with van der Waals surface area (Å²) in [6, 6.07) is 9.73. The number of nitrogens with two attached hydrogens (primary N) is 1. The van der Waals surface area contributed by atoms with Crippen LogP contribution in [-0.2, 0) is 0 Å². The lowest BCUT2D eigenvalue weighted by Gasteiger charge is -2.11. The van der Waals surface area contributed by atoms with E-state index in [0.717, 1.165) is 35.1 Å². The van der Waals surface area contributed by atoms with Crippen molar-refractivity contribution in [1.29, 1.82) is 5.41 Å². The van der Waals surface area contributed by atoms with Gasteiger partial charge in [-0.2, -0.15) is 5.10 Å². The largest absolute Gasteiger partial charge is 0.370 e. The lowest BCUT2D eigenvalue weighted by atomic mass is 10.1. The minimum absolute atomic E-state index is 0.298. The molecule has 1 aromatic carbocycles. The second kappa shape index (κ2) is 5.45. The van der Waals surface area contributed by atoms with Crippen LogP contribution < -0.4 is 11.1 Å². The number of aromatic nitrogens is 3. The third-order valence-electron chi connectivity index (χ3n) is 4.12. The van der Waals surface area contributed by atoms with Gasteiger partial charge in [-0.1, -0.05) is 18.2 Å². The van der Waals surface area contributed by atoms with Gasteiger partial charge in [0.05, 0.1) is 28.7 Å². The minimum atomic E-state index is -0.394. The molecule has 0 aliphatic heterocycles. The quantitative estimate of drug-likeness (QED) is 0.506. The van der Waals surface area contributed by atoms with Gasteiger partial charge in [0.2, 0.25) is 0 Å². The molecule has 1 aliphatic rings. The van der Waals surface area contributed by atoms with Gasteiger partial charge in [0.15, 0.2) is 5.96 Å². The van der Waals surface area contributed by atoms with Crippen LogP contribution in [0.3, 0.4) is 0 Å². The van der Waals surface area contributed by atoms with E-state index in [1.54, 1.807) is 12.4 Å². The molecule has 2 heterocycles. The van der Waals surface area contributed by atoms with Crippen LogP contribution in [0.25, 0.3) is 16.6 Å². The van der Waals surface area contributed by atoms with E-state index in [-0.39, 0.29) is 5.96 Å². The highest BCUT2D eigenvalue weighted by Crippen LogP contribution is 2.42. The number of hydrogen-bond donors (Lipinski definition) is 3. The maximum absolute atomic E-state index is 12.3. The number of carbonyl (C=O) groups is 1. The molecule has 24 heavy (non-hydrogen) atoms. The maximum Gasteiger partial charge on any atom is 0.261 e. The van der Waals surface area contributed by atoms with Crippen LogP contribution in [0.4, 0.5) is 0 Å². The SMILES string of the molecule is N=C(N)NC(=O)c1cnn(-c2ccnc3ccccc23)c1C1CC1. The third-order valence-corrected chi connectivity index (χ3v) is 4.12. The fraction of sp³-hybridized carbons (Fsp3) is 0.176. The van der Waals surface area contributed by atoms with E-state index in [1.165, 1.54) is 0 Å².